The van der Waals surface area contributed by atoms with Crippen LogP contribution in [0.25, 0.3) is 0 Å². The highest BCUT2D eigenvalue weighted by atomic mass is 19.1. The summed E-state index contributed by atoms with van der Waals surface area (Å²) in [5.41, 5.74) is 0.172. The first kappa shape index (κ1) is 23.1. The molecule has 0 fully saturated rings. The summed E-state index contributed by atoms with van der Waals surface area (Å²) < 4.78 is 38.2. The maximum Gasteiger partial charge on any atom is 0.491 e. The molecular formula is C20H17B2F2NO8. The average molecular weight is 459 g/mol. The van der Waals surface area contributed by atoms with Crippen molar-refractivity contribution >= 4 is 42.8 Å². The summed E-state index contributed by atoms with van der Waals surface area (Å²) in [6, 6.07) is 4.38. The van der Waals surface area contributed by atoms with Crippen molar-refractivity contribution in [2.24, 2.45) is 5.92 Å². The predicted molar refractivity (Wildman–Crippen MR) is 110 cm³/mol. The van der Waals surface area contributed by atoms with E-state index in [1.54, 1.807) is 0 Å². The van der Waals surface area contributed by atoms with Gasteiger partial charge in [-0.3, -0.25) is 14.4 Å². The third-order valence-electron chi connectivity index (χ3n) is 5.64. The van der Waals surface area contributed by atoms with Crippen molar-refractivity contribution in [1.29, 1.82) is 0 Å². The Kier molecular flexibility index (Phi) is 6.30. The standard InChI is InChI=1S/C20H17B2F2NO8/c23-16-3-9(1-14-12(16)7-32-21(14)30)18(26)5-11(20(28)29)6-25-19(27)10-2-15-13(17(24)4-10)8-33-22(15)31/h1-4,11,30-31H,5-8H2,(H,25,27)(H,28,29)/t11-/m0/s1. The summed E-state index contributed by atoms with van der Waals surface area (Å²) in [4.78, 5) is 36.6. The van der Waals surface area contributed by atoms with E-state index in [4.69, 9.17) is 9.31 Å². The van der Waals surface area contributed by atoms with Crippen molar-refractivity contribution < 1.29 is 47.6 Å². The van der Waals surface area contributed by atoms with E-state index in [-0.39, 0.29) is 46.4 Å². The zero-order valence-electron chi connectivity index (χ0n) is 17.0. The molecule has 2 heterocycles. The Hall–Kier alpha value is -3.12. The van der Waals surface area contributed by atoms with Crippen LogP contribution in [0.5, 0.6) is 0 Å². The van der Waals surface area contributed by atoms with Gasteiger partial charge >= 0.3 is 20.2 Å². The van der Waals surface area contributed by atoms with Crippen molar-refractivity contribution in [3.8, 4) is 0 Å². The molecule has 0 radical (unpaired) electrons. The van der Waals surface area contributed by atoms with E-state index in [0.29, 0.717) is 0 Å². The average Bonchev–Trinajstić information content (AvgIpc) is 3.34. The van der Waals surface area contributed by atoms with E-state index in [1.165, 1.54) is 12.1 Å². The summed E-state index contributed by atoms with van der Waals surface area (Å²) in [7, 11) is -2.75. The molecule has 33 heavy (non-hydrogen) atoms. The first-order valence-corrected chi connectivity index (χ1v) is 9.94. The number of ketones is 1. The van der Waals surface area contributed by atoms with Gasteiger partial charge in [-0.15, -0.1) is 0 Å². The molecule has 2 aromatic rings. The molecule has 0 aliphatic carbocycles. The fraction of sp³-hybridized carbons (Fsp3) is 0.250. The number of hydrogen-bond acceptors (Lipinski definition) is 7. The second kappa shape index (κ2) is 9.02. The largest absolute Gasteiger partial charge is 0.491 e. The highest BCUT2D eigenvalue weighted by Gasteiger charge is 2.33. The zero-order valence-corrected chi connectivity index (χ0v) is 17.0. The van der Waals surface area contributed by atoms with Crippen molar-refractivity contribution in [3.05, 3.63) is 58.2 Å². The minimum Gasteiger partial charge on any atom is -0.481 e. The Bertz CT molecular complexity index is 1160. The Morgan fingerprint density at radius 3 is 2.00 bits per heavy atom. The summed E-state index contributed by atoms with van der Waals surface area (Å²) in [5.74, 6) is -5.74. The smallest absolute Gasteiger partial charge is 0.481 e. The van der Waals surface area contributed by atoms with Crippen LogP contribution in [0.4, 0.5) is 8.78 Å². The number of nitrogens with one attached hydrogen (secondary N) is 1. The Morgan fingerprint density at radius 2 is 1.45 bits per heavy atom. The third kappa shape index (κ3) is 4.53. The van der Waals surface area contributed by atoms with E-state index < -0.39 is 62.4 Å². The van der Waals surface area contributed by atoms with Crippen molar-refractivity contribution in [2.45, 2.75) is 19.6 Å². The van der Waals surface area contributed by atoms with E-state index in [1.807, 2.05) is 0 Å². The lowest BCUT2D eigenvalue weighted by Gasteiger charge is -2.14. The van der Waals surface area contributed by atoms with Crippen LogP contribution in [0.3, 0.4) is 0 Å². The fourth-order valence-electron chi connectivity index (χ4n) is 3.76. The van der Waals surface area contributed by atoms with Gasteiger partial charge in [0, 0.05) is 35.2 Å². The van der Waals surface area contributed by atoms with Gasteiger partial charge in [-0.25, -0.2) is 8.78 Å². The molecule has 2 aliphatic rings. The molecule has 4 rings (SSSR count). The van der Waals surface area contributed by atoms with Crippen LogP contribution in [-0.2, 0) is 27.3 Å². The molecule has 0 saturated heterocycles. The van der Waals surface area contributed by atoms with Crippen LogP contribution in [0.1, 0.15) is 38.3 Å². The summed E-state index contributed by atoms with van der Waals surface area (Å²) >= 11 is 0. The second-order valence-corrected chi connectivity index (χ2v) is 7.75. The lowest BCUT2D eigenvalue weighted by Crippen LogP contribution is -2.36. The molecule has 0 aromatic heterocycles. The number of halogens is 2. The lowest BCUT2D eigenvalue weighted by molar-refractivity contribution is -0.141. The molecule has 0 saturated carbocycles. The molecule has 13 heteroatoms. The van der Waals surface area contributed by atoms with E-state index in [9.17, 15) is 38.3 Å². The van der Waals surface area contributed by atoms with Crippen molar-refractivity contribution in [2.75, 3.05) is 6.54 Å². The third-order valence-corrected chi connectivity index (χ3v) is 5.64. The minimum absolute atomic E-state index is 0.100. The molecule has 0 bridgehead atoms. The number of Topliss-reactive ketones (excluding diaryl/α,β-unsaturated/α-hetero) is 1. The van der Waals surface area contributed by atoms with Crippen molar-refractivity contribution in [3.63, 3.8) is 0 Å². The number of carbonyl (C=O) groups is 3. The van der Waals surface area contributed by atoms with Gasteiger partial charge in [0.05, 0.1) is 19.1 Å². The molecule has 1 atom stereocenters. The molecule has 1 amide bonds. The molecule has 170 valence electrons. The van der Waals surface area contributed by atoms with Crippen LogP contribution in [-0.4, -0.2) is 53.6 Å². The number of rotatable bonds is 7. The number of benzene rings is 2. The predicted octanol–water partition coefficient (Wildman–Crippen LogP) is -0.896. The minimum atomic E-state index is -1.38. The van der Waals surface area contributed by atoms with Gasteiger partial charge in [-0.1, -0.05) is 6.07 Å². The van der Waals surface area contributed by atoms with Crippen molar-refractivity contribution in [1.82, 2.24) is 5.32 Å². The van der Waals surface area contributed by atoms with Crippen LogP contribution in [0.15, 0.2) is 24.3 Å². The monoisotopic (exact) mass is 459 g/mol. The van der Waals surface area contributed by atoms with Crippen LogP contribution in [0.2, 0.25) is 0 Å². The number of carboxylic acid groups (broad SMARTS) is 1. The van der Waals surface area contributed by atoms with Crippen LogP contribution < -0.4 is 16.2 Å². The molecule has 0 spiro atoms. The Labute approximate surface area is 186 Å². The van der Waals surface area contributed by atoms with Gasteiger partial charge in [0.15, 0.2) is 5.78 Å². The number of aliphatic carboxylic acids is 1. The fourth-order valence-corrected chi connectivity index (χ4v) is 3.76. The highest BCUT2D eigenvalue weighted by Crippen LogP contribution is 2.19. The first-order valence-electron chi connectivity index (χ1n) is 9.94. The maximum absolute atomic E-state index is 14.2. The molecular weight excluding hydrogens is 442 g/mol. The summed E-state index contributed by atoms with van der Waals surface area (Å²) in [5, 5.41) is 31.3. The molecule has 4 N–H and O–H groups in total. The molecule has 2 aromatic carbocycles. The molecule has 0 unspecified atom stereocenters. The number of hydrogen-bond donors (Lipinski definition) is 4. The topological polar surface area (TPSA) is 142 Å². The number of carboxylic acids is 1. The normalized spacial score (nSPS) is 15.3. The van der Waals surface area contributed by atoms with Crippen LogP contribution in [0, 0.1) is 17.6 Å². The first-order chi connectivity index (χ1) is 15.7. The quantitative estimate of drug-likeness (QED) is 0.309. The maximum atomic E-state index is 14.2. The SMILES string of the molecule is O=C(C[C@@H](CNC(=O)c1cc(F)c2c(c1)B(O)OC2)C(=O)O)c1cc(F)c2c(c1)B(O)OC2. The lowest BCUT2D eigenvalue weighted by atomic mass is 9.78. The Balaban J connectivity index is 1.44. The van der Waals surface area contributed by atoms with E-state index in [2.05, 4.69) is 5.32 Å². The van der Waals surface area contributed by atoms with Gasteiger partial charge < -0.3 is 29.8 Å². The van der Waals surface area contributed by atoms with Gasteiger partial charge in [0.25, 0.3) is 5.91 Å². The van der Waals surface area contributed by atoms with Gasteiger partial charge in [0.2, 0.25) is 0 Å². The summed E-state index contributed by atoms with van der Waals surface area (Å²) in [6.07, 6.45) is -0.560. The zero-order chi connectivity index (χ0) is 23.9. The summed E-state index contributed by atoms with van der Waals surface area (Å²) in [6.45, 7) is -0.746. The van der Waals surface area contributed by atoms with Gasteiger partial charge in [0.1, 0.15) is 11.6 Å². The van der Waals surface area contributed by atoms with Crippen LogP contribution >= 0.6 is 0 Å². The molecule has 2 aliphatic heterocycles. The molecule has 9 nitrogen and oxygen atoms in total. The number of fused-ring (bicyclic) bond motifs is 2. The number of amides is 1. The highest BCUT2D eigenvalue weighted by molar-refractivity contribution is 6.62. The van der Waals surface area contributed by atoms with Gasteiger partial charge in [-0.2, -0.15) is 0 Å². The second-order valence-electron chi connectivity index (χ2n) is 7.75. The van der Waals surface area contributed by atoms with Gasteiger partial charge in [-0.05, 0) is 29.1 Å². The van der Waals surface area contributed by atoms with E-state index >= 15 is 0 Å². The van der Waals surface area contributed by atoms with E-state index in [0.717, 1.165) is 12.1 Å². The number of carbonyl (C=O) groups excluding carboxylic acids is 2. The Morgan fingerprint density at radius 1 is 0.939 bits per heavy atom.